The van der Waals surface area contributed by atoms with Crippen LogP contribution in [0.15, 0.2) is 279 Å². The Morgan fingerprint density at radius 3 is 1.33 bits per heavy atom. The van der Waals surface area contributed by atoms with Gasteiger partial charge in [0.05, 0.1) is 11.2 Å². The normalized spacial score (nSPS) is 12.5. The van der Waals surface area contributed by atoms with Crippen LogP contribution in [-0.4, -0.2) is 4.57 Å². The van der Waals surface area contributed by atoms with Crippen LogP contribution in [-0.2, 0) is 5.41 Å². The monoisotopic (exact) mass is 956 g/mol. The van der Waals surface area contributed by atoms with Crippen molar-refractivity contribution in [3.05, 3.63) is 290 Å². The second kappa shape index (κ2) is 17.9. The van der Waals surface area contributed by atoms with Crippen molar-refractivity contribution in [1.29, 1.82) is 0 Å². The van der Waals surface area contributed by atoms with Crippen molar-refractivity contribution in [2.24, 2.45) is 0 Å². The summed E-state index contributed by atoms with van der Waals surface area (Å²) < 4.78 is 2.49. The fourth-order valence-electron chi connectivity index (χ4n) is 12.0. The summed E-state index contributed by atoms with van der Waals surface area (Å²) in [5.74, 6) is 0. The maximum atomic E-state index is 2.49. The van der Waals surface area contributed by atoms with Gasteiger partial charge in [-0.2, -0.15) is 0 Å². The lowest BCUT2D eigenvalue weighted by molar-refractivity contribution is 0.661. The molecule has 14 rings (SSSR count). The van der Waals surface area contributed by atoms with Crippen LogP contribution < -0.4 is 4.90 Å². The van der Waals surface area contributed by atoms with Crippen molar-refractivity contribution < 1.29 is 0 Å². The lowest BCUT2D eigenvalue weighted by Gasteiger charge is -2.26. The Balaban J connectivity index is 0.837. The van der Waals surface area contributed by atoms with Crippen molar-refractivity contribution in [1.82, 2.24) is 4.57 Å². The van der Waals surface area contributed by atoms with Gasteiger partial charge in [-0.15, -0.1) is 0 Å². The lowest BCUT2D eigenvalue weighted by Crippen LogP contribution is -2.15. The number of benzene rings is 12. The second-order valence-electron chi connectivity index (χ2n) is 20.5. The molecule has 0 unspecified atom stereocenters. The van der Waals surface area contributed by atoms with Crippen LogP contribution in [0.1, 0.15) is 25.0 Å². The van der Waals surface area contributed by atoms with Crippen LogP contribution >= 0.6 is 0 Å². The molecule has 0 N–H and O–H groups in total. The molecule has 0 atom stereocenters. The Morgan fingerprint density at radius 2 is 0.747 bits per heavy atom. The number of anilines is 3. The lowest BCUT2D eigenvalue weighted by atomic mass is 9.81. The maximum Gasteiger partial charge on any atom is 0.0619 e. The quantitative estimate of drug-likeness (QED) is 0.131. The van der Waals surface area contributed by atoms with Crippen LogP contribution in [0, 0.1) is 0 Å². The minimum atomic E-state index is -0.229. The first-order valence-corrected chi connectivity index (χ1v) is 26.1. The van der Waals surface area contributed by atoms with E-state index in [-0.39, 0.29) is 5.41 Å². The Kier molecular flexibility index (Phi) is 10.6. The Labute approximate surface area is 438 Å². The topological polar surface area (TPSA) is 8.17 Å². The van der Waals surface area contributed by atoms with Gasteiger partial charge in [0.2, 0.25) is 0 Å². The standard InChI is InChI=1S/C73H52N2/c1-73(2)68-46-56(35-42-65(68)66-47-67-70(48-69(66)73)75(59-26-16-7-17-27-59)72(54-24-14-6-15-25-54)71(67)53-22-12-5-13-23-53)55-34-41-63-57(44-55)28-29-58-45-62(40-43-64(58)63)74(60-36-30-51(31-37-60)49-18-8-3-9-19-49)61-38-32-52(33-39-61)50-20-10-4-11-21-50/h3-48H,1-2H3. The molecule has 2 heteroatoms. The summed E-state index contributed by atoms with van der Waals surface area (Å²) in [5, 5.41) is 6.18. The van der Waals surface area contributed by atoms with Gasteiger partial charge in [-0.05, 0) is 161 Å². The first kappa shape index (κ1) is 44.2. The van der Waals surface area contributed by atoms with Crippen LogP contribution in [0.2, 0.25) is 0 Å². The third kappa shape index (κ3) is 7.56. The van der Waals surface area contributed by atoms with Crippen molar-refractivity contribution in [2.45, 2.75) is 19.3 Å². The average molecular weight is 957 g/mol. The van der Waals surface area contributed by atoms with Gasteiger partial charge >= 0.3 is 0 Å². The van der Waals surface area contributed by atoms with Crippen LogP contribution in [0.5, 0.6) is 0 Å². The van der Waals surface area contributed by atoms with Gasteiger partial charge in [-0.1, -0.05) is 220 Å². The van der Waals surface area contributed by atoms with Gasteiger partial charge in [0.25, 0.3) is 0 Å². The molecule has 1 heterocycles. The van der Waals surface area contributed by atoms with Gasteiger partial charge < -0.3 is 9.47 Å². The fourth-order valence-corrected chi connectivity index (χ4v) is 12.0. The molecule has 354 valence electrons. The minimum Gasteiger partial charge on any atom is -0.310 e. The molecule has 13 aromatic rings. The van der Waals surface area contributed by atoms with E-state index in [9.17, 15) is 0 Å². The highest BCUT2D eigenvalue weighted by molar-refractivity contribution is 6.11. The molecule has 0 amide bonds. The van der Waals surface area contributed by atoms with Crippen LogP contribution in [0.3, 0.4) is 0 Å². The maximum absolute atomic E-state index is 2.49. The molecule has 0 saturated carbocycles. The zero-order valence-electron chi connectivity index (χ0n) is 42.0. The number of para-hydroxylation sites is 1. The number of rotatable bonds is 9. The summed E-state index contributed by atoms with van der Waals surface area (Å²) in [5.41, 5.74) is 22.9. The van der Waals surface area contributed by atoms with Gasteiger partial charge in [0.15, 0.2) is 0 Å². The minimum absolute atomic E-state index is 0.229. The molecule has 0 saturated heterocycles. The SMILES string of the molecule is CC1(C)c2cc(-c3ccc4c(ccc5cc(N(c6ccc(-c7ccccc7)cc6)c6ccc(-c7ccccc7)cc6)ccc54)c3)ccc2-c2cc3c(-c4ccccc4)c(-c4ccccc4)n(-c4ccccc4)c3cc21. The predicted molar refractivity (Wildman–Crippen MR) is 318 cm³/mol. The molecule has 75 heavy (non-hydrogen) atoms. The van der Waals surface area contributed by atoms with E-state index in [1.54, 1.807) is 0 Å². The first-order chi connectivity index (χ1) is 36.9. The number of nitrogens with zero attached hydrogens (tertiary/aromatic N) is 2. The Bertz CT molecular complexity index is 4170. The van der Waals surface area contributed by atoms with Crippen molar-refractivity contribution in [3.63, 3.8) is 0 Å². The molecule has 1 aliphatic carbocycles. The predicted octanol–water partition coefficient (Wildman–Crippen LogP) is 20.0. The summed E-state index contributed by atoms with van der Waals surface area (Å²) in [4.78, 5) is 2.37. The van der Waals surface area contributed by atoms with E-state index < -0.39 is 0 Å². The highest BCUT2D eigenvalue weighted by Gasteiger charge is 2.37. The largest absolute Gasteiger partial charge is 0.310 e. The number of fused-ring (bicyclic) bond motifs is 7. The summed E-state index contributed by atoms with van der Waals surface area (Å²) in [6.45, 7) is 4.81. The highest BCUT2D eigenvalue weighted by atomic mass is 15.1. The summed E-state index contributed by atoms with van der Waals surface area (Å²) in [6.07, 6.45) is 0. The summed E-state index contributed by atoms with van der Waals surface area (Å²) >= 11 is 0. The van der Waals surface area contributed by atoms with Gasteiger partial charge in [0.1, 0.15) is 0 Å². The molecule has 12 aromatic carbocycles. The zero-order chi connectivity index (χ0) is 50.0. The number of hydrogen-bond acceptors (Lipinski definition) is 1. The Hall–Kier alpha value is -9.50. The first-order valence-electron chi connectivity index (χ1n) is 26.1. The molecular weight excluding hydrogens is 905 g/mol. The molecule has 0 aliphatic heterocycles. The molecule has 0 spiro atoms. The van der Waals surface area contributed by atoms with E-state index in [1.165, 1.54) is 110 Å². The van der Waals surface area contributed by atoms with Crippen LogP contribution in [0.4, 0.5) is 17.1 Å². The van der Waals surface area contributed by atoms with Gasteiger partial charge in [-0.25, -0.2) is 0 Å². The van der Waals surface area contributed by atoms with E-state index in [0.717, 1.165) is 22.7 Å². The van der Waals surface area contributed by atoms with Crippen molar-refractivity contribution in [2.75, 3.05) is 4.90 Å². The molecule has 0 radical (unpaired) electrons. The van der Waals surface area contributed by atoms with Gasteiger partial charge in [0, 0.05) is 39.1 Å². The summed E-state index contributed by atoms with van der Waals surface area (Å²) in [6, 6.07) is 102. The Morgan fingerprint density at radius 1 is 0.307 bits per heavy atom. The average Bonchev–Trinajstić information content (AvgIpc) is 4.00. The molecule has 0 bridgehead atoms. The number of hydrogen-bond donors (Lipinski definition) is 0. The van der Waals surface area contributed by atoms with Crippen molar-refractivity contribution >= 4 is 49.5 Å². The molecular formula is C73H52N2. The molecule has 1 aliphatic rings. The van der Waals surface area contributed by atoms with Gasteiger partial charge in [-0.3, -0.25) is 0 Å². The molecule has 2 nitrogen and oxygen atoms in total. The number of aromatic nitrogens is 1. The van der Waals surface area contributed by atoms with E-state index in [2.05, 4.69) is 302 Å². The fraction of sp³-hybridized carbons (Fsp3) is 0.0411. The van der Waals surface area contributed by atoms with E-state index in [1.807, 2.05) is 0 Å². The van der Waals surface area contributed by atoms with Crippen molar-refractivity contribution in [3.8, 4) is 72.6 Å². The van der Waals surface area contributed by atoms with E-state index in [4.69, 9.17) is 0 Å². The molecule has 1 aromatic heterocycles. The summed E-state index contributed by atoms with van der Waals surface area (Å²) in [7, 11) is 0. The molecule has 0 fully saturated rings. The highest BCUT2D eigenvalue weighted by Crippen LogP contribution is 2.54. The third-order valence-corrected chi connectivity index (χ3v) is 15.8. The van der Waals surface area contributed by atoms with E-state index in [0.29, 0.717) is 0 Å². The third-order valence-electron chi connectivity index (χ3n) is 15.8. The smallest absolute Gasteiger partial charge is 0.0619 e. The van der Waals surface area contributed by atoms with Crippen LogP contribution in [0.25, 0.3) is 105 Å². The zero-order valence-corrected chi connectivity index (χ0v) is 42.0. The second-order valence-corrected chi connectivity index (χ2v) is 20.5. The van der Waals surface area contributed by atoms with E-state index >= 15 is 0 Å².